The van der Waals surface area contributed by atoms with Gasteiger partial charge in [-0.3, -0.25) is 0 Å². The average molecular weight is 831 g/mol. The lowest BCUT2D eigenvalue weighted by molar-refractivity contribution is 0.482. The molecule has 0 aliphatic heterocycles. The number of hydrogen-bond acceptors (Lipinski definition) is 1. The van der Waals surface area contributed by atoms with Crippen molar-refractivity contribution in [3.8, 4) is 34.2 Å². The lowest BCUT2D eigenvalue weighted by atomic mass is 10.2. The molecule has 0 unspecified atom stereocenters. The van der Waals surface area contributed by atoms with Gasteiger partial charge in [0.25, 0.3) is 0 Å². The van der Waals surface area contributed by atoms with Crippen molar-refractivity contribution in [3.63, 3.8) is 0 Å². The van der Waals surface area contributed by atoms with Gasteiger partial charge in [-0.15, -0.1) is 0 Å². The first-order chi connectivity index (χ1) is 32.2. The van der Waals surface area contributed by atoms with Crippen molar-refractivity contribution in [1.29, 1.82) is 0 Å². The van der Waals surface area contributed by atoms with Crippen LogP contribution in [0.1, 0.15) is 0 Å². The first-order valence-electron chi connectivity index (χ1n) is 22.2. The van der Waals surface area contributed by atoms with E-state index in [1.54, 1.807) is 0 Å². The quantitative estimate of drug-likeness (QED) is 0.164. The van der Waals surface area contributed by atoms with Crippen molar-refractivity contribution in [2.75, 3.05) is 0 Å². The van der Waals surface area contributed by atoms with Gasteiger partial charge in [0.2, 0.25) is 0 Å². The Morgan fingerprint density at radius 3 is 0.554 bits per heavy atom. The standard InChI is InChI=1S/C60H38N4O/c1-9-25-53-45(17-1)46-18-2-10-26-54(46)61(53)39-33-40(62-55-27-11-3-19-47(55)48-20-4-12-28-56(48)62)36-43(35-39)65-44-37-41(63-57-29-13-5-21-49(57)50-22-6-14-30-58(50)63)34-42(38-44)64-59-31-15-7-23-51(59)52-24-8-16-32-60(52)64/h1-38H. The van der Waals surface area contributed by atoms with Crippen LogP contribution in [0.4, 0.5) is 0 Å². The molecular formula is C60H38N4O. The minimum absolute atomic E-state index is 0.730. The van der Waals surface area contributed by atoms with Crippen LogP contribution in [0.25, 0.3) is 110 Å². The number of nitrogens with zero attached hydrogens (tertiary/aromatic N) is 4. The molecule has 5 heteroatoms. The molecule has 0 saturated carbocycles. The van der Waals surface area contributed by atoms with Crippen molar-refractivity contribution >= 4 is 87.2 Å². The van der Waals surface area contributed by atoms with Crippen LogP contribution in [0.15, 0.2) is 231 Å². The van der Waals surface area contributed by atoms with Gasteiger partial charge in [-0.2, -0.15) is 0 Å². The molecule has 14 rings (SSSR count). The van der Waals surface area contributed by atoms with Gasteiger partial charge in [-0.25, -0.2) is 0 Å². The number of aromatic nitrogens is 4. The fourth-order valence-corrected chi connectivity index (χ4v) is 10.7. The van der Waals surface area contributed by atoms with Gasteiger partial charge in [0.15, 0.2) is 0 Å². The van der Waals surface area contributed by atoms with E-state index in [1.807, 2.05) is 0 Å². The van der Waals surface area contributed by atoms with E-state index in [0.717, 1.165) is 78.4 Å². The van der Waals surface area contributed by atoms with Crippen molar-refractivity contribution in [1.82, 2.24) is 18.3 Å². The number of rotatable bonds is 6. The van der Waals surface area contributed by atoms with Crippen LogP contribution < -0.4 is 4.74 Å². The van der Waals surface area contributed by atoms with E-state index >= 15 is 0 Å². The van der Waals surface area contributed by atoms with Crippen LogP contribution in [-0.2, 0) is 0 Å². The van der Waals surface area contributed by atoms with Crippen molar-refractivity contribution in [3.05, 3.63) is 231 Å². The second-order valence-electron chi connectivity index (χ2n) is 17.0. The minimum Gasteiger partial charge on any atom is -0.457 e. The zero-order valence-corrected chi connectivity index (χ0v) is 35.1. The summed E-state index contributed by atoms with van der Waals surface area (Å²) >= 11 is 0. The van der Waals surface area contributed by atoms with Crippen LogP contribution in [0, 0.1) is 0 Å². The molecule has 0 fully saturated rings. The predicted molar refractivity (Wildman–Crippen MR) is 270 cm³/mol. The summed E-state index contributed by atoms with van der Waals surface area (Å²) in [6.07, 6.45) is 0. The molecule has 0 aliphatic carbocycles. The van der Waals surface area contributed by atoms with Crippen LogP contribution in [0.2, 0.25) is 0 Å². The molecule has 0 atom stereocenters. The lowest BCUT2D eigenvalue weighted by Gasteiger charge is -2.18. The van der Waals surface area contributed by atoms with Crippen LogP contribution in [0.5, 0.6) is 11.5 Å². The fourth-order valence-electron chi connectivity index (χ4n) is 10.7. The number of para-hydroxylation sites is 8. The Hall–Kier alpha value is -8.80. The second kappa shape index (κ2) is 13.9. The number of fused-ring (bicyclic) bond motifs is 12. The third-order valence-corrected chi connectivity index (χ3v) is 13.3. The summed E-state index contributed by atoms with van der Waals surface area (Å²) in [7, 11) is 0. The molecular weight excluding hydrogens is 793 g/mol. The molecule has 0 saturated heterocycles. The highest BCUT2D eigenvalue weighted by Gasteiger charge is 2.20. The van der Waals surface area contributed by atoms with Crippen LogP contribution in [-0.4, -0.2) is 18.3 Å². The van der Waals surface area contributed by atoms with E-state index in [2.05, 4.69) is 249 Å². The molecule has 14 aromatic rings. The SMILES string of the molecule is c1ccc2c(c1)c1ccccc1n2-c1cc(Oc2cc(-n3c4ccccc4c4ccccc43)cc(-n3c4ccccc4c4ccccc43)c2)cc(-n2c3ccccc3c3ccccc32)c1. The molecule has 0 N–H and O–H groups in total. The van der Waals surface area contributed by atoms with E-state index in [-0.39, 0.29) is 0 Å². The van der Waals surface area contributed by atoms with Gasteiger partial charge >= 0.3 is 0 Å². The van der Waals surface area contributed by atoms with Crippen molar-refractivity contribution in [2.45, 2.75) is 0 Å². The molecule has 65 heavy (non-hydrogen) atoms. The molecule has 0 bridgehead atoms. The maximum absolute atomic E-state index is 7.38. The van der Waals surface area contributed by atoms with Gasteiger partial charge in [-0.05, 0) is 60.7 Å². The molecule has 304 valence electrons. The molecule has 5 nitrogen and oxygen atoms in total. The van der Waals surface area contributed by atoms with Gasteiger partial charge < -0.3 is 23.0 Å². The van der Waals surface area contributed by atoms with Gasteiger partial charge in [0, 0.05) is 67.4 Å². The monoisotopic (exact) mass is 830 g/mol. The first kappa shape index (κ1) is 35.8. The topological polar surface area (TPSA) is 28.9 Å². The Morgan fingerprint density at radius 1 is 0.200 bits per heavy atom. The molecule has 4 aromatic heterocycles. The smallest absolute Gasteiger partial charge is 0.131 e. The van der Waals surface area contributed by atoms with Crippen molar-refractivity contribution < 1.29 is 4.74 Å². The largest absolute Gasteiger partial charge is 0.457 e. The predicted octanol–water partition coefficient (Wildman–Crippen LogP) is 15.9. The maximum Gasteiger partial charge on any atom is 0.131 e. The molecule has 0 amide bonds. The van der Waals surface area contributed by atoms with Gasteiger partial charge in [-0.1, -0.05) is 146 Å². The first-order valence-corrected chi connectivity index (χ1v) is 22.2. The Kier molecular flexibility index (Phi) is 7.62. The summed E-state index contributed by atoms with van der Waals surface area (Å²) in [5, 5.41) is 9.69. The summed E-state index contributed by atoms with van der Waals surface area (Å²) in [4.78, 5) is 0. The van der Waals surface area contributed by atoms with E-state index in [0.29, 0.717) is 0 Å². The third-order valence-electron chi connectivity index (χ3n) is 13.3. The second-order valence-corrected chi connectivity index (χ2v) is 17.0. The summed E-state index contributed by atoms with van der Waals surface area (Å²) in [6, 6.07) is 82.9. The molecule has 0 radical (unpaired) electrons. The zero-order valence-electron chi connectivity index (χ0n) is 35.1. The highest BCUT2D eigenvalue weighted by Crippen LogP contribution is 2.41. The molecule has 0 spiro atoms. The Morgan fingerprint density at radius 2 is 0.369 bits per heavy atom. The number of ether oxygens (including phenoxy) is 1. The molecule has 10 aromatic carbocycles. The summed E-state index contributed by atoms with van der Waals surface area (Å²) < 4.78 is 16.9. The van der Waals surface area contributed by atoms with Gasteiger partial charge in [0.1, 0.15) is 11.5 Å². The van der Waals surface area contributed by atoms with Crippen LogP contribution in [0.3, 0.4) is 0 Å². The molecule has 0 aliphatic rings. The lowest BCUT2D eigenvalue weighted by Crippen LogP contribution is -2.02. The van der Waals surface area contributed by atoms with E-state index in [1.165, 1.54) is 43.1 Å². The minimum atomic E-state index is 0.730. The Labute approximate surface area is 373 Å². The summed E-state index contributed by atoms with van der Waals surface area (Å²) in [6.45, 7) is 0. The number of benzene rings is 10. The average Bonchev–Trinajstić information content (AvgIpc) is 4.09. The molecule has 4 heterocycles. The Bertz CT molecular complexity index is 3480. The van der Waals surface area contributed by atoms with Crippen LogP contribution >= 0.6 is 0 Å². The number of hydrogen-bond donors (Lipinski definition) is 0. The highest BCUT2D eigenvalue weighted by atomic mass is 16.5. The van der Waals surface area contributed by atoms with E-state index in [9.17, 15) is 0 Å². The fraction of sp³-hybridized carbons (Fsp3) is 0. The zero-order chi connectivity index (χ0) is 42.6. The maximum atomic E-state index is 7.38. The highest BCUT2D eigenvalue weighted by molar-refractivity contribution is 6.12. The Balaban J connectivity index is 1.05. The summed E-state index contributed by atoms with van der Waals surface area (Å²) in [5.41, 5.74) is 13.2. The van der Waals surface area contributed by atoms with E-state index < -0.39 is 0 Å². The third kappa shape index (κ3) is 5.33. The van der Waals surface area contributed by atoms with E-state index in [4.69, 9.17) is 4.74 Å². The van der Waals surface area contributed by atoms with Crippen molar-refractivity contribution in [2.24, 2.45) is 0 Å². The summed E-state index contributed by atoms with van der Waals surface area (Å²) in [5.74, 6) is 1.46. The van der Waals surface area contributed by atoms with Gasteiger partial charge in [0.05, 0.1) is 66.9 Å². The normalized spacial score (nSPS) is 12.0.